The first-order valence-electron chi connectivity index (χ1n) is 6.90. The van der Waals surface area contributed by atoms with Crippen LogP contribution < -0.4 is 10.6 Å². The van der Waals surface area contributed by atoms with Gasteiger partial charge in [-0.25, -0.2) is 0 Å². The van der Waals surface area contributed by atoms with Crippen LogP contribution in [0.15, 0.2) is 30.3 Å². The number of benzene rings is 1. The van der Waals surface area contributed by atoms with Crippen LogP contribution in [0.4, 0.5) is 5.69 Å². The van der Waals surface area contributed by atoms with E-state index in [1.807, 2.05) is 0 Å². The van der Waals surface area contributed by atoms with E-state index >= 15 is 0 Å². The van der Waals surface area contributed by atoms with Crippen molar-refractivity contribution < 1.29 is 0 Å². The molecule has 17 heavy (non-hydrogen) atoms. The zero-order valence-corrected chi connectivity index (χ0v) is 10.6. The minimum Gasteiger partial charge on any atom is -0.371 e. The number of hydrogen-bond acceptors (Lipinski definition) is 2. The van der Waals surface area contributed by atoms with Crippen molar-refractivity contribution in [3.8, 4) is 0 Å². The quantitative estimate of drug-likeness (QED) is 0.817. The van der Waals surface area contributed by atoms with Gasteiger partial charge in [0, 0.05) is 18.8 Å². The molecule has 2 nitrogen and oxygen atoms in total. The topological polar surface area (TPSA) is 29.3 Å². The highest BCUT2D eigenvalue weighted by Gasteiger charge is 2.18. The van der Waals surface area contributed by atoms with Crippen LogP contribution in [0, 0.1) is 5.92 Å². The van der Waals surface area contributed by atoms with Gasteiger partial charge in [0.05, 0.1) is 0 Å². The average molecular weight is 232 g/mol. The molecule has 1 aliphatic rings. The summed E-state index contributed by atoms with van der Waals surface area (Å²) in [6.45, 7) is 3.09. The van der Waals surface area contributed by atoms with Crippen molar-refractivity contribution in [2.24, 2.45) is 11.7 Å². The fourth-order valence-electron chi connectivity index (χ4n) is 2.75. The van der Waals surface area contributed by atoms with Crippen LogP contribution in [0.3, 0.4) is 0 Å². The Bertz CT molecular complexity index is 304. The molecule has 0 aromatic heterocycles. The van der Waals surface area contributed by atoms with Gasteiger partial charge in [0.1, 0.15) is 0 Å². The molecule has 0 aliphatic heterocycles. The van der Waals surface area contributed by atoms with Gasteiger partial charge in [0.2, 0.25) is 0 Å². The Morgan fingerprint density at radius 2 is 1.82 bits per heavy atom. The monoisotopic (exact) mass is 232 g/mol. The van der Waals surface area contributed by atoms with E-state index in [9.17, 15) is 0 Å². The van der Waals surface area contributed by atoms with Crippen molar-refractivity contribution >= 4 is 5.69 Å². The van der Waals surface area contributed by atoms with E-state index in [-0.39, 0.29) is 0 Å². The van der Waals surface area contributed by atoms with Gasteiger partial charge in [0.25, 0.3) is 0 Å². The third kappa shape index (κ3) is 3.74. The SMILES string of the molecule is NCCCN(CC1CCCC1)c1ccccc1. The summed E-state index contributed by atoms with van der Waals surface area (Å²) in [5.74, 6) is 0.896. The minimum absolute atomic E-state index is 0.786. The van der Waals surface area contributed by atoms with Crippen LogP contribution in [0.5, 0.6) is 0 Å². The maximum atomic E-state index is 5.64. The molecule has 2 N–H and O–H groups in total. The van der Waals surface area contributed by atoms with Crippen molar-refractivity contribution in [3.05, 3.63) is 30.3 Å². The lowest BCUT2D eigenvalue weighted by Crippen LogP contribution is -2.30. The zero-order valence-electron chi connectivity index (χ0n) is 10.6. The van der Waals surface area contributed by atoms with Gasteiger partial charge >= 0.3 is 0 Å². The molecule has 1 fully saturated rings. The second-order valence-electron chi connectivity index (χ2n) is 5.07. The first-order chi connectivity index (χ1) is 8.40. The van der Waals surface area contributed by atoms with Gasteiger partial charge in [0.15, 0.2) is 0 Å². The van der Waals surface area contributed by atoms with Crippen LogP contribution in [-0.2, 0) is 0 Å². The van der Waals surface area contributed by atoms with Crippen molar-refractivity contribution in [1.29, 1.82) is 0 Å². The average Bonchev–Trinajstić information content (AvgIpc) is 2.88. The molecule has 0 unspecified atom stereocenters. The van der Waals surface area contributed by atoms with Crippen molar-refractivity contribution in [2.45, 2.75) is 32.1 Å². The van der Waals surface area contributed by atoms with E-state index in [1.165, 1.54) is 37.9 Å². The largest absolute Gasteiger partial charge is 0.371 e. The summed E-state index contributed by atoms with van der Waals surface area (Å²) in [4.78, 5) is 2.52. The molecule has 0 radical (unpaired) electrons. The van der Waals surface area contributed by atoms with Gasteiger partial charge in [-0.05, 0) is 43.9 Å². The molecule has 0 bridgehead atoms. The number of nitrogens with zero attached hydrogens (tertiary/aromatic N) is 1. The van der Waals surface area contributed by atoms with Gasteiger partial charge in [-0.1, -0.05) is 31.0 Å². The second-order valence-corrected chi connectivity index (χ2v) is 5.07. The van der Waals surface area contributed by atoms with E-state index in [2.05, 4.69) is 35.2 Å². The van der Waals surface area contributed by atoms with Crippen LogP contribution >= 0.6 is 0 Å². The minimum atomic E-state index is 0.786. The smallest absolute Gasteiger partial charge is 0.0366 e. The predicted molar refractivity (Wildman–Crippen MR) is 74.3 cm³/mol. The Morgan fingerprint density at radius 3 is 2.47 bits per heavy atom. The lowest BCUT2D eigenvalue weighted by atomic mass is 10.1. The summed E-state index contributed by atoms with van der Waals surface area (Å²) in [6, 6.07) is 10.8. The molecule has 1 aromatic carbocycles. The summed E-state index contributed by atoms with van der Waals surface area (Å²) < 4.78 is 0. The van der Waals surface area contributed by atoms with Crippen LogP contribution in [0.1, 0.15) is 32.1 Å². The maximum Gasteiger partial charge on any atom is 0.0366 e. The molecule has 1 aromatic rings. The Hall–Kier alpha value is -1.02. The standard InChI is InChI=1S/C15H24N2/c16-11-6-12-17(13-14-7-4-5-8-14)15-9-2-1-3-10-15/h1-3,9-10,14H,4-8,11-13,16H2. The Balaban J connectivity index is 1.97. The summed E-state index contributed by atoms with van der Waals surface area (Å²) in [6.07, 6.45) is 6.74. The molecule has 1 saturated carbocycles. The molecule has 2 rings (SSSR count). The maximum absolute atomic E-state index is 5.64. The molecule has 94 valence electrons. The van der Waals surface area contributed by atoms with Crippen molar-refractivity contribution in [3.63, 3.8) is 0 Å². The molecule has 0 amide bonds. The van der Waals surface area contributed by atoms with Gasteiger partial charge in [-0.3, -0.25) is 0 Å². The number of nitrogens with two attached hydrogens (primary N) is 1. The molecule has 0 spiro atoms. The molecular weight excluding hydrogens is 208 g/mol. The van der Waals surface area contributed by atoms with Crippen LogP contribution in [0.25, 0.3) is 0 Å². The highest BCUT2D eigenvalue weighted by molar-refractivity contribution is 5.45. The highest BCUT2D eigenvalue weighted by atomic mass is 15.1. The van der Waals surface area contributed by atoms with Crippen LogP contribution in [-0.4, -0.2) is 19.6 Å². The zero-order chi connectivity index (χ0) is 11.9. The molecule has 1 aliphatic carbocycles. The van der Waals surface area contributed by atoms with Gasteiger partial charge in [-0.2, -0.15) is 0 Å². The summed E-state index contributed by atoms with van der Waals surface area (Å²) in [7, 11) is 0. The normalized spacial score (nSPS) is 16.3. The Morgan fingerprint density at radius 1 is 1.12 bits per heavy atom. The summed E-state index contributed by atoms with van der Waals surface area (Å²) in [5, 5.41) is 0. The molecular formula is C15H24N2. The van der Waals surface area contributed by atoms with Crippen molar-refractivity contribution in [1.82, 2.24) is 0 Å². The van der Waals surface area contributed by atoms with Gasteiger partial charge in [-0.15, -0.1) is 0 Å². The summed E-state index contributed by atoms with van der Waals surface area (Å²) >= 11 is 0. The van der Waals surface area contributed by atoms with E-state index in [4.69, 9.17) is 5.73 Å². The van der Waals surface area contributed by atoms with E-state index < -0.39 is 0 Å². The second kappa shape index (κ2) is 6.65. The van der Waals surface area contributed by atoms with Gasteiger partial charge < -0.3 is 10.6 Å². The lowest BCUT2D eigenvalue weighted by Gasteiger charge is -2.27. The number of para-hydroxylation sites is 1. The Labute approximate surface area is 105 Å². The number of anilines is 1. The first-order valence-corrected chi connectivity index (χ1v) is 6.90. The lowest BCUT2D eigenvalue weighted by molar-refractivity contribution is 0.527. The highest BCUT2D eigenvalue weighted by Crippen LogP contribution is 2.27. The van der Waals surface area contributed by atoms with E-state index in [0.717, 1.165) is 25.4 Å². The predicted octanol–water partition coefficient (Wildman–Crippen LogP) is 3.03. The van der Waals surface area contributed by atoms with Crippen LogP contribution in [0.2, 0.25) is 0 Å². The van der Waals surface area contributed by atoms with E-state index in [1.54, 1.807) is 0 Å². The molecule has 0 heterocycles. The number of hydrogen-bond donors (Lipinski definition) is 1. The number of rotatable bonds is 6. The fourth-order valence-corrected chi connectivity index (χ4v) is 2.75. The Kier molecular flexibility index (Phi) is 4.87. The first kappa shape index (κ1) is 12.4. The molecule has 2 heteroatoms. The molecule has 0 atom stereocenters. The van der Waals surface area contributed by atoms with E-state index in [0.29, 0.717) is 0 Å². The third-order valence-corrected chi connectivity index (χ3v) is 3.71. The third-order valence-electron chi connectivity index (χ3n) is 3.71. The fraction of sp³-hybridized carbons (Fsp3) is 0.600. The summed E-state index contributed by atoms with van der Waals surface area (Å²) in [5.41, 5.74) is 6.99. The molecule has 0 saturated heterocycles. The van der Waals surface area contributed by atoms with Crippen molar-refractivity contribution in [2.75, 3.05) is 24.5 Å².